The fourth-order valence-corrected chi connectivity index (χ4v) is 11.7. The lowest BCUT2D eigenvalue weighted by Gasteiger charge is -2.41. The molecule has 3 heterocycles. The minimum atomic E-state index is -0.775. The number of phenols is 1. The summed E-state index contributed by atoms with van der Waals surface area (Å²) in [6.45, 7) is 4.47. The fourth-order valence-electron chi connectivity index (χ4n) is 11.7. The number of hydrogen-bond acceptors (Lipinski definition) is 4. The highest BCUT2D eigenvalue weighted by Crippen LogP contribution is 2.69. The quantitative estimate of drug-likeness (QED) is 0.204. The molecule has 0 aromatic heterocycles. The lowest BCUT2D eigenvalue weighted by Crippen LogP contribution is -2.36. The Balaban J connectivity index is 1.16. The van der Waals surface area contributed by atoms with Crippen molar-refractivity contribution in [1.29, 1.82) is 0 Å². The van der Waals surface area contributed by atoms with Crippen LogP contribution < -0.4 is 14.5 Å². The number of rotatable bonds is 4. The molecule has 3 aliphatic heterocycles. The van der Waals surface area contributed by atoms with Gasteiger partial charge in [-0.05, 0) is 140 Å². The topological polar surface area (TPSA) is 35.9 Å². The predicted octanol–water partition coefficient (Wildman–Crippen LogP) is 11.0. The zero-order valence-electron chi connectivity index (χ0n) is 30.1. The molecule has 52 heavy (non-hydrogen) atoms. The Hall–Kier alpha value is -4.70. The van der Waals surface area contributed by atoms with Crippen LogP contribution in [0.15, 0.2) is 97.1 Å². The first-order chi connectivity index (χ1) is 25.6. The van der Waals surface area contributed by atoms with Crippen LogP contribution in [0.1, 0.15) is 92.0 Å². The van der Waals surface area contributed by atoms with Gasteiger partial charge < -0.3 is 19.6 Å². The van der Waals surface area contributed by atoms with E-state index < -0.39 is 5.60 Å². The lowest BCUT2D eigenvalue weighted by atomic mass is 9.65. The van der Waals surface area contributed by atoms with Gasteiger partial charge in [-0.15, -0.1) is 0 Å². The van der Waals surface area contributed by atoms with Crippen LogP contribution in [-0.2, 0) is 11.0 Å². The van der Waals surface area contributed by atoms with Crippen LogP contribution in [0.5, 0.6) is 11.5 Å². The van der Waals surface area contributed by atoms with Gasteiger partial charge in [0.25, 0.3) is 0 Å². The van der Waals surface area contributed by atoms with E-state index in [0.717, 1.165) is 55.4 Å². The number of phenolic OH excluding ortho intramolecular Hbond substituents is 1. The summed E-state index contributed by atoms with van der Waals surface area (Å²) in [4.78, 5) is 5.12. The number of piperidine rings is 2. The van der Waals surface area contributed by atoms with Crippen LogP contribution >= 0.6 is 0 Å². The molecule has 3 aliphatic carbocycles. The van der Waals surface area contributed by atoms with Gasteiger partial charge in [-0.1, -0.05) is 67.1 Å². The van der Waals surface area contributed by atoms with Crippen molar-refractivity contribution < 1.29 is 9.84 Å². The summed E-state index contributed by atoms with van der Waals surface area (Å²) >= 11 is 0. The molecule has 2 bridgehead atoms. The third-order valence-corrected chi connectivity index (χ3v) is 14.0. The standard InChI is InChI=1S/C48H48N2O2/c51-38-19-21-40-43(30-38)47(31-32-12-13-35(47)28-32)45-41-22-23-48(33-10-4-1-5-11-33,34-14-16-36(17-15-34)49-24-6-2-7-25-49)52-46(41)42-29-37(18-20-39(42)44(40)45)50-26-8-3-9-27-50/h1,4-5,10-11,14-23,29-30,32,35,51H,2-3,6-9,12-13,24-28,31H2. The predicted molar refractivity (Wildman–Crippen MR) is 213 cm³/mol. The SMILES string of the molecule is Oc1ccc2c(c1)C1(CC3CCC1C3)c1c3c(c4cc(N5CCCCC5)ccc4c1-2)OC(c1ccccc1)(c1ccc(N2CCCCC2)cc1)C=C3. The summed E-state index contributed by atoms with van der Waals surface area (Å²) < 4.78 is 7.80. The smallest absolute Gasteiger partial charge is 0.178 e. The first kappa shape index (κ1) is 30.9. The van der Waals surface area contributed by atoms with Crippen molar-refractivity contribution in [2.45, 2.75) is 75.2 Å². The number of ether oxygens (including phenoxy) is 1. The second-order valence-corrected chi connectivity index (χ2v) is 16.7. The molecular weight excluding hydrogens is 637 g/mol. The van der Waals surface area contributed by atoms with E-state index in [4.69, 9.17) is 4.74 Å². The van der Waals surface area contributed by atoms with Crippen molar-refractivity contribution in [3.05, 3.63) is 125 Å². The maximum Gasteiger partial charge on any atom is 0.178 e. The summed E-state index contributed by atoms with van der Waals surface area (Å²) in [5, 5.41) is 13.5. The zero-order chi connectivity index (χ0) is 34.4. The molecule has 0 amide bonds. The molecule has 6 aliphatic rings. The normalized spacial score (nSPS) is 27.2. The van der Waals surface area contributed by atoms with Gasteiger partial charge in [0.2, 0.25) is 0 Å². The van der Waals surface area contributed by atoms with Gasteiger partial charge in [-0.25, -0.2) is 0 Å². The van der Waals surface area contributed by atoms with E-state index in [1.165, 1.54) is 108 Å². The molecule has 4 fully saturated rings. The number of benzene rings is 5. The van der Waals surface area contributed by atoms with E-state index in [-0.39, 0.29) is 5.41 Å². The molecule has 4 heteroatoms. The second kappa shape index (κ2) is 11.7. The minimum Gasteiger partial charge on any atom is -0.508 e. The second-order valence-electron chi connectivity index (χ2n) is 16.7. The van der Waals surface area contributed by atoms with E-state index in [1.54, 1.807) is 0 Å². The number of hydrogen-bond donors (Lipinski definition) is 1. The minimum absolute atomic E-state index is 0.104. The van der Waals surface area contributed by atoms with Gasteiger partial charge in [0, 0.05) is 65.0 Å². The van der Waals surface area contributed by atoms with E-state index in [0.29, 0.717) is 11.7 Å². The fraction of sp³-hybridized carbons (Fsp3) is 0.375. The van der Waals surface area contributed by atoms with E-state index in [1.807, 2.05) is 6.07 Å². The third kappa shape index (κ3) is 4.39. The van der Waals surface area contributed by atoms with Gasteiger partial charge in [0.05, 0.1) is 0 Å². The van der Waals surface area contributed by atoms with E-state index in [2.05, 4.69) is 107 Å². The molecule has 5 aromatic carbocycles. The molecule has 0 radical (unpaired) electrons. The molecule has 5 aromatic rings. The van der Waals surface area contributed by atoms with Crippen molar-refractivity contribution in [3.8, 4) is 22.6 Å². The zero-order valence-corrected chi connectivity index (χ0v) is 30.1. The van der Waals surface area contributed by atoms with Gasteiger partial charge in [0.1, 0.15) is 11.5 Å². The number of fused-ring (bicyclic) bond motifs is 13. The van der Waals surface area contributed by atoms with Crippen LogP contribution in [0.3, 0.4) is 0 Å². The van der Waals surface area contributed by atoms with Crippen molar-refractivity contribution in [2.24, 2.45) is 11.8 Å². The van der Waals surface area contributed by atoms with Crippen molar-refractivity contribution >= 4 is 28.2 Å². The highest BCUT2D eigenvalue weighted by atomic mass is 16.5. The summed E-state index contributed by atoms with van der Waals surface area (Å²) in [7, 11) is 0. The van der Waals surface area contributed by atoms with E-state index >= 15 is 0 Å². The Morgan fingerprint density at radius 3 is 2.10 bits per heavy atom. The Bertz CT molecular complexity index is 2230. The molecule has 11 rings (SSSR count). The highest BCUT2D eigenvalue weighted by Gasteiger charge is 2.59. The Labute approximate surface area is 307 Å². The average molecular weight is 685 g/mol. The Morgan fingerprint density at radius 1 is 0.673 bits per heavy atom. The van der Waals surface area contributed by atoms with Crippen LogP contribution in [0.2, 0.25) is 0 Å². The summed E-state index contributed by atoms with van der Waals surface area (Å²) in [6.07, 6.45) is 17.5. The molecule has 1 spiro atoms. The highest BCUT2D eigenvalue weighted by molar-refractivity contribution is 6.09. The van der Waals surface area contributed by atoms with Crippen molar-refractivity contribution in [1.82, 2.24) is 0 Å². The van der Waals surface area contributed by atoms with Crippen LogP contribution in [-0.4, -0.2) is 31.3 Å². The molecule has 4 nitrogen and oxygen atoms in total. The Kier molecular flexibility index (Phi) is 6.92. The van der Waals surface area contributed by atoms with Gasteiger partial charge in [-0.3, -0.25) is 0 Å². The number of aromatic hydroxyl groups is 1. The maximum absolute atomic E-state index is 11.0. The summed E-state index contributed by atoms with van der Waals surface area (Å²) in [5.74, 6) is 2.69. The van der Waals surface area contributed by atoms with Crippen molar-refractivity contribution in [2.75, 3.05) is 36.0 Å². The molecule has 262 valence electrons. The first-order valence-corrected chi connectivity index (χ1v) is 20.1. The van der Waals surface area contributed by atoms with Gasteiger partial charge in [0.15, 0.2) is 5.60 Å². The van der Waals surface area contributed by atoms with Gasteiger partial charge >= 0.3 is 0 Å². The first-order valence-electron chi connectivity index (χ1n) is 20.1. The van der Waals surface area contributed by atoms with Crippen LogP contribution in [0, 0.1) is 11.8 Å². The number of nitrogens with zero attached hydrogens (tertiary/aromatic N) is 2. The molecule has 2 saturated heterocycles. The van der Waals surface area contributed by atoms with Crippen molar-refractivity contribution in [3.63, 3.8) is 0 Å². The monoisotopic (exact) mass is 684 g/mol. The largest absolute Gasteiger partial charge is 0.508 e. The third-order valence-electron chi connectivity index (χ3n) is 14.0. The molecule has 2 saturated carbocycles. The maximum atomic E-state index is 11.0. The molecular formula is C48H48N2O2. The average Bonchev–Trinajstić information content (AvgIpc) is 3.91. The van der Waals surface area contributed by atoms with Gasteiger partial charge in [-0.2, -0.15) is 0 Å². The van der Waals surface area contributed by atoms with Crippen LogP contribution in [0.4, 0.5) is 11.4 Å². The lowest BCUT2D eigenvalue weighted by molar-refractivity contribution is 0.163. The summed E-state index contributed by atoms with van der Waals surface area (Å²) in [6, 6.07) is 33.6. The summed E-state index contributed by atoms with van der Waals surface area (Å²) in [5.41, 5.74) is 10.7. The van der Waals surface area contributed by atoms with Crippen LogP contribution in [0.25, 0.3) is 28.0 Å². The Morgan fingerprint density at radius 2 is 1.38 bits per heavy atom. The molecule has 4 unspecified atom stereocenters. The van der Waals surface area contributed by atoms with E-state index in [9.17, 15) is 5.11 Å². The number of anilines is 2. The molecule has 1 N–H and O–H groups in total. The molecule has 4 atom stereocenters.